The second kappa shape index (κ2) is 8.32. The third-order valence-corrected chi connectivity index (χ3v) is 5.92. The average Bonchev–Trinajstić information content (AvgIpc) is 2.56. The minimum atomic E-state index is -3.79. The minimum absolute atomic E-state index is 0.0457. The van der Waals surface area contributed by atoms with E-state index in [4.69, 9.17) is 4.74 Å². The van der Waals surface area contributed by atoms with Crippen LogP contribution in [-0.2, 0) is 20.0 Å². The van der Waals surface area contributed by atoms with Crippen molar-refractivity contribution in [1.29, 1.82) is 0 Å². The third kappa shape index (κ3) is 6.04. The number of nitrogens with one attached hydrogen (secondary N) is 2. The van der Waals surface area contributed by atoms with Gasteiger partial charge in [-0.25, -0.2) is 21.6 Å². The molecule has 0 heterocycles. The van der Waals surface area contributed by atoms with Gasteiger partial charge in [0.05, 0.1) is 17.3 Å². The lowest BCUT2D eigenvalue weighted by molar-refractivity contribution is 0.340. The predicted octanol–water partition coefficient (Wildman–Crippen LogP) is 1.81. The molecule has 2 N–H and O–H groups in total. The summed E-state index contributed by atoms with van der Waals surface area (Å²) in [7, 11) is -7.44. The van der Waals surface area contributed by atoms with Gasteiger partial charge in [0.25, 0.3) is 0 Å². The Morgan fingerprint density at radius 1 is 0.920 bits per heavy atom. The number of anilines is 1. The molecule has 0 radical (unpaired) electrons. The standard InChI is InChI=1S/C16H20N2O5S2/c1-2-23-15-8-10-16(11-9-15)25(21,22)17-12-13-24(19,20)18-14-6-4-3-5-7-14/h3-11,17-18H,2,12-13H2,1H3. The van der Waals surface area contributed by atoms with Gasteiger partial charge in [0.1, 0.15) is 5.75 Å². The first-order valence-electron chi connectivity index (χ1n) is 7.60. The van der Waals surface area contributed by atoms with E-state index in [-0.39, 0.29) is 17.2 Å². The lowest BCUT2D eigenvalue weighted by Gasteiger charge is -2.10. The van der Waals surface area contributed by atoms with Gasteiger partial charge in [0, 0.05) is 12.2 Å². The highest BCUT2D eigenvalue weighted by molar-refractivity contribution is 7.92. The second-order valence-electron chi connectivity index (χ2n) is 5.09. The molecule has 0 amide bonds. The van der Waals surface area contributed by atoms with E-state index in [9.17, 15) is 16.8 Å². The van der Waals surface area contributed by atoms with Crippen LogP contribution < -0.4 is 14.2 Å². The summed E-state index contributed by atoms with van der Waals surface area (Å²) in [5.74, 6) is 0.189. The number of sulfonamides is 2. The second-order valence-corrected chi connectivity index (χ2v) is 8.70. The summed E-state index contributed by atoms with van der Waals surface area (Å²) >= 11 is 0. The van der Waals surface area contributed by atoms with E-state index < -0.39 is 20.0 Å². The van der Waals surface area contributed by atoms with E-state index in [0.717, 1.165) is 0 Å². The fourth-order valence-corrected chi connectivity index (χ4v) is 4.14. The summed E-state index contributed by atoms with van der Waals surface area (Å²) in [5, 5.41) is 0. The Balaban J connectivity index is 1.93. The minimum Gasteiger partial charge on any atom is -0.494 e. The van der Waals surface area contributed by atoms with Crippen molar-refractivity contribution in [3.63, 3.8) is 0 Å². The van der Waals surface area contributed by atoms with Crippen molar-refractivity contribution in [2.24, 2.45) is 0 Å². The van der Waals surface area contributed by atoms with Gasteiger partial charge in [-0.3, -0.25) is 4.72 Å². The average molecular weight is 384 g/mol. The quantitative estimate of drug-likeness (QED) is 0.686. The van der Waals surface area contributed by atoms with Crippen molar-refractivity contribution >= 4 is 25.7 Å². The Kier molecular flexibility index (Phi) is 6.40. The molecule has 0 aliphatic heterocycles. The number of para-hydroxylation sites is 1. The summed E-state index contributed by atoms with van der Waals surface area (Å²) in [5.41, 5.74) is 0.428. The van der Waals surface area contributed by atoms with Gasteiger partial charge in [-0.1, -0.05) is 18.2 Å². The van der Waals surface area contributed by atoms with Crippen LogP contribution in [0.2, 0.25) is 0 Å². The zero-order valence-electron chi connectivity index (χ0n) is 13.7. The van der Waals surface area contributed by atoms with E-state index in [1.54, 1.807) is 42.5 Å². The SMILES string of the molecule is CCOc1ccc(S(=O)(=O)NCCS(=O)(=O)Nc2ccccc2)cc1. The van der Waals surface area contributed by atoms with Crippen LogP contribution in [0.25, 0.3) is 0 Å². The molecule has 0 aliphatic carbocycles. The molecule has 136 valence electrons. The van der Waals surface area contributed by atoms with Crippen LogP contribution in [0.1, 0.15) is 6.92 Å². The molecule has 0 saturated heterocycles. The van der Waals surface area contributed by atoms with Crippen molar-refractivity contribution in [3.05, 3.63) is 54.6 Å². The zero-order valence-corrected chi connectivity index (χ0v) is 15.3. The van der Waals surface area contributed by atoms with Gasteiger partial charge < -0.3 is 4.74 Å². The molecule has 0 bridgehead atoms. The zero-order chi connectivity index (χ0) is 18.3. The molecule has 2 rings (SSSR count). The first-order valence-corrected chi connectivity index (χ1v) is 10.7. The van der Waals surface area contributed by atoms with E-state index in [1.165, 1.54) is 12.1 Å². The van der Waals surface area contributed by atoms with E-state index in [1.807, 2.05) is 6.92 Å². The summed E-state index contributed by atoms with van der Waals surface area (Å²) in [6.45, 7) is 2.07. The molecule has 0 fully saturated rings. The Bertz CT molecular complexity index is 880. The molecule has 9 heteroatoms. The highest BCUT2D eigenvalue weighted by Crippen LogP contribution is 2.15. The van der Waals surface area contributed by atoms with Crippen molar-refractivity contribution in [2.45, 2.75) is 11.8 Å². The molecule has 0 saturated carbocycles. The lowest BCUT2D eigenvalue weighted by Crippen LogP contribution is -2.31. The summed E-state index contributed by atoms with van der Waals surface area (Å²) in [6, 6.07) is 14.3. The van der Waals surface area contributed by atoms with Crippen molar-refractivity contribution in [2.75, 3.05) is 23.6 Å². The maximum Gasteiger partial charge on any atom is 0.240 e. The first kappa shape index (κ1) is 19.2. The molecular formula is C16H20N2O5S2. The largest absolute Gasteiger partial charge is 0.494 e. The Hall–Kier alpha value is -2.10. The van der Waals surface area contributed by atoms with Crippen LogP contribution in [0, 0.1) is 0 Å². The molecule has 0 aliphatic rings. The van der Waals surface area contributed by atoms with E-state index in [0.29, 0.717) is 18.0 Å². The number of rotatable bonds is 9. The third-order valence-electron chi connectivity index (χ3n) is 3.16. The highest BCUT2D eigenvalue weighted by Gasteiger charge is 2.16. The Morgan fingerprint density at radius 2 is 1.56 bits per heavy atom. The van der Waals surface area contributed by atoms with Crippen molar-refractivity contribution in [1.82, 2.24) is 4.72 Å². The molecule has 0 unspecified atom stereocenters. The molecule has 0 aromatic heterocycles. The predicted molar refractivity (Wildman–Crippen MR) is 96.7 cm³/mol. The van der Waals surface area contributed by atoms with Gasteiger partial charge in [-0.05, 0) is 43.3 Å². The van der Waals surface area contributed by atoms with Gasteiger partial charge in [-0.2, -0.15) is 0 Å². The van der Waals surface area contributed by atoms with Gasteiger partial charge in [0.15, 0.2) is 0 Å². The summed E-state index contributed by atoms with van der Waals surface area (Å²) < 4.78 is 58.2. The normalized spacial score (nSPS) is 11.9. The van der Waals surface area contributed by atoms with Crippen LogP contribution in [0.5, 0.6) is 5.75 Å². The lowest BCUT2D eigenvalue weighted by atomic mass is 10.3. The Morgan fingerprint density at radius 3 is 2.16 bits per heavy atom. The molecule has 2 aromatic rings. The van der Waals surface area contributed by atoms with E-state index in [2.05, 4.69) is 9.44 Å². The van der Waals surface area contributed by atoms with Crippen LogP contribution in [0.3, 0.4) is 0 Å². The van der Waals surface area contributed by atoms with Gasteiger partial charge in [-0.15, -0.1) is 0 Å². The van der Waals surface area contributed by atoms with Crippen LogP contribution in [0.15, 0.2) is 59.5 Å². The fraction of sp³-hybridized carbons (Fsp3) is 0.250. The van der Waals surface area contributed by atoms with Crippen LogP contribution in [0.4, 0.5) is 5.69 Å². The fourth-order valence-electron chi connectivity index (χ4n) is 2.01. The maximum atomic E-state index is 12.2. The smallest absolute Gasteiger partial charge is 0.240 e. The van der Waals surface area contributed by atoms with Crippen LogP contribution >= 0.6 is 0 Å². The monoisotopic (exact) mass is 384 g/mol. The number of hydrogen-bond acceptors (Lipinski definition) is 5. The van der Waals surface area contributed by atoms with E-state index >= 15 is 0 Å². The van der Waals surface area contributed by atoms with Crippen LogP contribution in [-0.4, -0.2) is 35.7 Å². The van der Waals surface area contributed by atoms with Gasteiger partial charge >= 0.3 is 0 Å². The molecule has 0 spiro atoms. The molecule has 2 aromatic carbocycles. The number of benzene rings is 2. The Labute approximate surface area is 148 Å². The first-order chi connectivity index (χ1) is 11.8. The molecule has 0 atom stereocenters. The highest BCUT2D eigenvalue weighted by atomic mass is 32.2. The maximum absolute atomic E-state index is 12.2. The van der Waals surface area contributed by atoms with Gasteiger partial charge in [0.2, 0.25) is 20.0 Å². The molecule has 7 nitrogen and oxygen atoms in total. The van der Waals surface area contributed by atoms with Crippen molar-refractivity contribution < 1.29 is 21.6 Å². The topological polar surface area (TPSA) is 102 Å². The number of ether oxygens (including phenoxy) is 1. The molecule has 25 heavy (non-hydrogen) atoms. The van der Waals surface area contributed by atoms with Crippen molar-refractivity contribution in [3.8, 4) is 5.75 Å². The summed E-state index contributed by atoms with van der Waals surface area (Å²) in [4.78, 5) is 0.0457. The molecular weight excluding hydrogens is 364 g/mol. The number of hydrogen-bond donors (Lipinski definition) is 2. The summed E-state index contributed by atoms with van der Waals surface area (Å²) in [6.07, 6.45) is 0.